The van der Waals surface area contributed by atoms with Crippen LogP contribution in [0.15, 0.2) is 46.9 Å². The van der Waals surface area contributed by atoms with Gasteiger partial charge in [-0.3, -0.25) is 0 Å². The summed E-state index contributed by atoms with van der Waals surface area (Å²) in [5.41, 5.74) is 6.74. The number of hydrogen-bond donors (Lipinski definition) is 1. The maximum atomic E-state index is 3.55. The van der Waals surface area contributed by atoms with E-state index in [9.17, 15) is 0 Å². The van der Waals surface area contributed by atoms with Gasteiger partial charge in [0.2, 0.25) is 0 Å². The molecule has 0 saturated carbocycles. The third-order valence-corrected chi connectivity index (χ3v) is 4.02. The maximum Gasteiger partial charge on any atom is 0.0503 e. The van der Waals surface area contributed by atoms with Crippen LogP contribution in [0.4, 0.5) is 0 Å². The van der Waals surface area contributed by atoms with Gasteiger partial charge in [-0.1, -0.05) is 40.2 Å². The highest BCUT2D eigenvalue weighted by Crippen LogP contribution is 2.40. The van der Waals surface area contributed by atoms with E-state index >= 15 is 0 Å². The molecular weight excluding hydrogens is 274 g/mol. The molecule has 0 spiro atoms. The first kappa shape index (κ1) is 9.49. The zero-order valence-corrected chi connectivity index (χ0v) is 10.7. The molecule has 1 aliphatic rings. The van der Waals surface area contributed by atoms with Crippen molar-refractivity contribution < 1.29 is 0 Å². The van der Waals surface area contributed by atoms with Crippen LogP contribution in [0.1, 0.15) is 11.1 Å². The van der Waals surface area contributed by atoms with E-state index < -0.39 is 0 Å². The van der Waals surface area contributed by atoms with E-state index in [1.54, 1.807) is 0 Å². The van der Waals surface area contributed by atoms with E-state index in [0.29, 0.717) is 0 Å². The van der Waals surface area contributed by atoms with Crippen LogP contribution in [0.2, 0.25) is 0 Å². The van der Waals surface area contributed by atoms with Gasteiger partial charge in [0, 0.05) is 27.4 Å². The topological polar surface area (TPSA) is 15.8 Å². The minimum atomic E-state index is 1.04. The van der Waals surface area contributed by atoms with Crippen molar-refractivity contribution in [1.82, 2.24) is 4.98 Å². The molecule has 0 bridgehead atoms. The average Bonchev–Trinajstić information content (AvgIpc) is 2.85. The predicted octanol–water partition coefficient (Wildman–Crippen LogP) is 4.50. The van der Waals surface area contributed by atoms with Crippen molar-refractivity contribution in [1.29, 1.82) is 0 Å². The Morgan fingerprint density at radius 2 is 1.94 bits per heavy atom. The van der Waals surface area contributed by atoms with E-state index in [-0.39, 0.29) is 0 Å². The highest BCUT2D eigenvalue weighted by molar-refractivity contribution is 9.10. The summed E-state index contributed by atoms with van der Waals surface area (Å²) in [5.74, 6) is 0. The minimum Gasteiger partial charge on any atom is -0.354 e. The fourth-order valence-electron chi connectivity index (χ4n) is 2.74. The molecule has 1 N–H and O–H groups in total. The van der Waals surface area contributed by atoms with Crippen LogP contribution in [-0.2, 0) is 6.42 Å². The first-order chi connectivity index (χ1) is 8.33. The van der Waals surface area contributed by atoms with Crippen molar-refractivity contribution >= 4 is 26.8 Å². The SMILES string of the molecule is Brc1ccc2[nH]c3c(c2c1)Cc1ccccc1-3. The highest BCUT2D eigenvalue weighted by atomic mass is 79.9. The van der Waals surface area contributed by atoms with E-state index in [1.165, 1.54) is 33.3 Å². The van der Waals surface area contributed by atoms with Crippen LogP contribution in [0.25, 0.3) is 22.2 Å². The number of H-pyrrole nitrogens is 1. The molecule has 0 atom stereocenters. The smallest absolute Gasteiger partial charge is 0.0503 e. The van der Waals surface area contributed by atoms with Gasteiger partial charge < -0.3 is 4.98 Å². The van der Waals surface area contributed by atoms with Gasteiger partial charge >= 0.3 is 0 Å². The second-order valence-corrected chi connectivity index (χ2v) is 5.42. The Morgan fingerprint density at radius 1 is 1.06 bits per heavy atom. The molecule has 17 heavy (non-hydrogen) atoms. The molecule has 82 valence electrons. The summed E-state index contributed by atoms with van der Waals surface area (Å²) < 4.78 is 1.14. The normalized spacial score (nSPS) is 12.8. The molecule has 0 amide bonds. The van der Waals surface area contributed by atoms with Crippen molar-refractivity contribution in [2.45, 2.75) is 6.42 Å². The molecule has 1 nitrogen and oxygen atoms in total. The van der Waals surface area contributed by atoms with Crippen LogP contribution in [0.3, 0.4) is 0 Å². The number of fused-ring (bicyclic) bond motifs is 5. The number of nitrogens with one attached hydrogen (secondary N) is 1. The van der Waals surface area contributed by atoms with Crippen LogP contribution in [0.5, 0.6) is 0 Å². The molecule has 1 heterocycles. The van der Waals surface area contributed by atoms with Gasteiger partial charge in [0.05, 0.1) is 5.69 Å². The fourth-order valence-corrected chi connectivity index (χ4v) is 3.10. The number of rotatable bonds is 0. The first-order valence-corrected chi connectivity index (χ1v) is 6.50. The van der Waals surface area contributed by atoms with E-state index in [2.05, 4.69) is 63.4 Å². The molecule has 3 aromatic rings. The fraction of sp³-hybridized carbons (Fsp3) is 0.0667. The minimum absolute atomic E-state index is 1.04. The standard InChI is InChI=1S/C15H10BrN/c16-10-5-6-14-12(8-10)13-7-9-3-1-2-4-11(9)15(13)17-14/h1-6,8,17H,7H2. The molecule has 2 aromatic carbocycles. The zero-order chi connectivity index (χ0) is 11.4. The van der Waals surface area contributed by atoms with Crippen LogP contribution < -0.4 is 0 Å². The third kappa shape index (κ3) is 1.25. The van der Waals surface area contributed by atoms with Crippen molar-refractivity contribution in [3.05, 3.63) is 58.1 Å². The number of aromatic nitrogens is 1. The summed E-state index contributed by atoms with van der Waals surface area (Å²) >= 11 is 3.55. The Labute approximate surface area is 108 Å². The lowest BCUT2D eigenvalue weighted by Gasteiger charge is -1.98. The van der Waals surface area contributed by atoms with Gasteiger partial charge in [0.15, 0.2) is 0 Å². The van der Waals surface area contributed by atoms with Crippen molar-refractivity contribution in [3.8, 4) is 11.3 Å². The highest BCUT2D eigenvalue weighted by Gasteiger charge is 2.22. The molecule has 1 aliphatic carbocycles. The Balaban J connectivity index is 2.09. The summed E-state index contributed by atoms with van der Waals surface area (Å²) in [6.45, 7) is 0. The summed E-state index contributed by atoms with van der Waals surface area (Å²) in [6.07, 6.45) is 1.04. The molecule has 0 unspecified atom stereocenters. The summed E-state index contributed by atoms with van der Waals surface area (Å²) in [4.78, 5) is 3.54. The molecule has 2 heteroatoms. The van der Waals surface area contributed by atoms with Crippen LogP contribution in [0, 0.1) is 0 Å². The summed E-state index contributed by atoms with van der Waals surface area (Å²) in [6, 6.07) is 15.1. The largest absolute Gasteiger partial charge is 0.354 e. The van der Waals surface area contributed by atoms with Crippen molar-refractivity contribution in [2.75, 3.05) is 0 Å². The predicted molar refractivity (Wildman–Crippen MR) is 74.2 cm³/mol. The van der Waals surface area contributed by atoms with E-state index in [4.69, 9.17) is 0 Å². The molecule has 1 aromatic heterocycles. The Morgan fingerprint density at radius 3 is 2.88 bits per heavy atom. The molecule has 0 radical (unpaired) electrons. The number of hydrogen-bond acceptors (Lipinski definition) is 0. The lowest BCUT2D eigenvalue weighted by atomic mass is 10.1. The molecule has 0 fully saturated rings. The second kappa shape index (κ2) is 3.23. The van der Waals surface area contributed by atoms with E-state index in [0.717, 1.165) is 10.9 Å². The molecular formula is C15H10BrN. The quantitative estimate of drug-likeness (QED) is 0.489. The summed E-state index contributed by atoms with van der Waals surface area (Å²) in [7, 11) is 0. The monoisotopic (exact) mass is 283 g/mol. The summed E-state index contributed by atoms with van der Waals surface area (Å²) in [5, 5.41) is 1.34. The second-order valence-electron chi connectivity index (χ2n) is 4.50. The first-order valence-electron chi connectivity index (χ1n) is 5.71. The Kier molecular flexibility index (Phi) is 1.80. The van der Waals surface area contributed by atoms with E-state index in [1.807, 2.05) is 0 Å². The molecule has 0 saturated heterocycles. The molecule has 4 rings (SSSR count). The zero-order valence-electron chi connectivity index (χ0n) is 9.13. The molecule has 0 aliphatic heterocycles. The van der Waals surface area contributed by atoms with Gasteiger partial charge in [-0.05, 0) is 29.3 Å². The van der Waals surface area contributed by atoms with Gasteiger partial charge in [-0.25, -0.2) is 0 Å². The average molecular weight is 284 g/mol. The number of halogens is 1. The van der Waals surface area contributed by atoms with Gasteiger partial charge in [-0.15, -0.1) is 0 Å². The number of aromatic amines is 1. The lowest BCUT2D eigenvalue weighted by molar-refractivity contribution is 1.29. The Bertz CT molecular complexity index is 740. The van der Waals surface area contributed by atoms with Gasteiger partial charge in [-0.2, -0.15) is 0 Å². The third-order valence-electron chi connectivity index (χ3n) is 3.52. The number of benzene rings is 2. The van der Waals surface area contributed by atoms with Gasteiger partial charge in [0.1, 0.15) is 0 Å². The van der Waals surface area contributed by atoms with Crippen LogP contribution in [-0.4, -0.2) is 4.98 Å². The van der Waals surface area contributed by atoms with Crippen molar-refractivity contribution in [3.63, 3.8) is 0 Å². The van der Waals surface area contributed by atoms with Gasteiger partial charge in [0.25, 0.3) is 0 Å². The van der Waals surface area contributed by atoms with Crippen molar-refractivity contribution in [2.24, 2.45) is 0 Å². The van der Waals surface area contributed by atoms with Crippen LogP contribution >= 0.6 is 15.9 Å². The maximum absolute atomic E-state index is 3.55. The lowest BCUT2D eigenvalue weighted by Crippen LogP contribution is -1.81. The Hall–Kier alpha value is -1.54.